The Hall–Kier alpha value is -3.37. The van der Waals surface area contributed by atoms with Crippen LogP contribution in [0.1, 0.15) is 113 Å². The molecule has 3 fully saturated rings. The number of nitrogens with one attached hydrogen (secondary N) is 2. The number of carbonyl (C=O) groups is 3. The smallest absolute Gasteiger partial charge is 0.270 e. The number of alkyl halides is 2. The van der Waals surface area contributed by atoms with E-state index in [1.807, 2.05) is 13.8 Å². The van der Waals surface area contributed by atoms with Crippen molar-refractivity contribution >= 4 is 23.4 Å². The zero-order valence-electron chi connectivity index (χ0n) is 27.2. The Bertz CT molecular complexity index is 1340. The average molecular weight is 644 g/mol. The second kappa shape index (κ2) is 15.0. The lowest BCUT2D eigenvalue weighted by atomic mass is 9.66. The Labute approximate surface area is 269 Å². The number of amides is 3. The fraction of sp³-hybridized carbons (Fsp3) is 0.657. The molecule has 4 atom stereocenters. The number of hydrogen-bond acceptors (Lipinski definition) is 4. The van der Waals surface area contributed by atoms with Crippen LogP contribution in [0, 0.1) is 23.6 Å². The first kappa shape index (κ1) is 34.0. The van der Waals surface area contributed by atoms with E-state index < -0.39 is 41.9 Å². The van der Waals surface area contributed by atoms with Gasteiger partial charge < -0.3 is 15.5 Å². The van der Waals surface area contributed by atoms with Gasteiger partial charge in [0.25, 0.3) is 5.91 Å². The number of rotatable bonds is 10. The van der Waals surface area contributed by atoms with E-state index in [1.54, 1.807) is 29.9 Å². The van der Waals surface area contributed by atoms with Crippen molar-refractivity contribution in [1.82, 2.24) is 20.0 Å². The summed E-state index contributed by atoms with van der Waals surface area (Å²) in [6.45, 7) is 4.79. The first-order valence-electron chi connectivity index (χ1n) is 17.1. The van der Waals surface area contributed by atoms with Crippen LogP contribution in [0.2, 0.25) is 0 Å². The van der Waals surface area contributed by atoms with Gasteiger partial charge in [-0.15, -0.1) is 0 Å². The van der Waals surface area contributed by atoms with Gasteiger partial charge in [-0.25, -0.2) is 13.2 Å². The minimum absolute atomic E-state index is 0.0558. The lowest BCUT2D eigenvalue weighted by Crippen LogP contribution is -2.53. The van der Waals surface area contributed by atoms with Gasteiger partial charge in [0.15, 0.2) is 12.3 Å². The van der Waals surface area contributed by atoms with Crippen molar-refractivity contribution in [3.05, 3.63) is 47.5 Å². The van der Waals surface area contributed by atoms with Gasteiger partial charge in [0.2, 0.25) is 11.8 Å². The van der Waals surface area contributed by atoms with Crippen molar-refractivity contribution in [2.45, 2.75) is 115 Å². The molecule has 8 nitrogen and oxygen atoms in total. The zero-order valence-corrected chi connectivity index (χ0v) is 27.2. The number of anilines is 1. The van der Waals surface area contributed by atoms with Crippen LogP contribution in [-0.2, 0) is 9.59 Å². The van der Waals surface area contributed by atoms with Crippen molar-refractivity contribution in [1.29, 1.82) is 0 Å². The second-order valence-electron chi connectivity index (χ2n) is 13.8. The van der Waals surface area contributed by atoms with E-state index in [0.29, 0.717) is 11.3 Å². The summed E-state index contributed by atoms with van der Waals surface area (Å²) in [5.74, 6) is -2.46. The quantitative estimate of drug-likeness (QED) is 0.300. The Morgan fingerprint density at radius 3 is 2.00 bits per heavy atom. The van der Waals surface area contributed by atoms with Crippen molar-refractivity contribution in [3.8, 4) is 0 Å². The molecular formula is C35H48F3N5O3. The Kier molecular flexibility index (Phi) is 11.1. The summed E-state index contributed by atoms with van der Waals surface area (Å²) in [5.41, 5.74) is 0.649. The molecule has 0 radical (unpaired) electrons. The summed E-state index contributed by atoms with van der Waals surface area (Å²) in [6.07, 6.45) is 8.72. The molecule has 2 heterocycles. The Morgan fingerprint density at radius 1 is 0.870 bits per heavy atom. The van der Waals surface area contributed by atoms with Gasteiger partial charge in [0.1, 0.15) is 17.6 Å². The fourth-order valence-corrected chi connectivity index (χ4v) is 7.86. The molecule has 0 bridgehead atoms. The number of halogens is 3. The first-order chi connectivity index (χ1) is 22.0. The maximum absolute atomic E-state index is 15.6. The van der Waals surface area contributed by atoms with Crippen LogP contribution in [0.3, 0.4) is 0 Å². The normalized spacial score (nSPS) is 22.7. The molecule has 3 aliphatic rings. The van der Waals surface area contributed by atoms with E-state index >= 15 is 4.39 Å². The molecule has 11 heteroatoms. The average Bonchev–Trinajstić information content (AvgIpc) is 3.69. The maximum atomic E-state index is 15.6. The van der Waals surface area contributed by atoms with Gasteiger partial charge in [-0.2, -0.15) is 5.10 Å². The fourth-order valence-electron chi connectivity index (χ4n) is 7.86. The van der Waals surface area contributed by atoms with Gasteiger partial charge in [-0.05, 0) is 62.3 Å². The molecule has 3 amide bonds. The summed E-state index contributed by atoms with van der Waals surface area (Å²) in [4.78, 5) is 42.0. The van der Waals surface area contributed by atoms with Gasteiger partial charge in [0, 0.05) is 12.2 Å². The minimum Gasteiger partial charge on any atom is -0.339 e. The molecule has 1 aliphatic heterocycles. The monoisotopic (exact) mass is 643 g/mol. The third-order valence-electron chi connectivity index (χ3n) is 10.3. The molecule has 5 rings (SSSR count). The van der Waals surface area contributed by atoms with Crippen LogP contribution in [0.5, 0.6) is 0 Å². The molecular weight excluding hydrogens is 595 g/mol. The number of nitrogens with zero attached hydrogens (tertiary/aromatic N) is 3. The number of likely N-dealkylation sites (tertiary alicyclic amines) is 1. The van der Waals surface area contributed by atoms with Crippen LogP contribution in [-0.4, -0.2) is 63.9 Å². The number of carbonyl (C=O) groups excluding carboxylic acids is 3. The van der Waals surface area contributed by atoms with Crippen LogP contribution in [0.25, 0.3) is 0 Å². The highest BCUT2D eigenvalue weighted by molar-refractivity contribution is 6.01. The van der Waals surface area contributed by atoms with Crippen molar-refractivity contribution in [2.75, 3.05) is 18.4 Å². The minimum atomic E-state index is -1.73. The van der Waals surface area contributed by atoms with E-state index in [-0.39, 0.29) is 48.5 Å². The first-order valence-corrected chi connectivity index (χ1v) is 17.1. The third-order valence-corrected chi connectivity index (χ3v) is 10.3. The summed E-state index contributed by atoms with van der Waals surface area (Å²) >= 11 is 0. The number of benzene rings is 1. The van der Waals surface area contributed by atoms with E-state index in [2.05, 4.69) is 15.7 Å². The van der Waals surface area contributed by atoms with Crippen LogP contribution in [0.4, 0.5) is 18.9 Å². The summed E-state index contributed by atoms with van der Waals surface area (Å²) < 4.78 is 44.6. The van der Waals surface area contributed by atoms with E-state index in [9.17, 15) is 23.2 Å². The zero-order chi connectivity index (χ0) is 33.0. The lowest BCUT2D eigenvalue weighted by molar-refractivity contribution is -0.131. The molecule has 1 aromatic heterocycles. The standard InChI is InChI=1S/C35H48F3N5O3/c1-21(2)43-30(16-17-39-43)33(44)41-32(31(23-10-6-4-7-11-23)24-12-8-5-9-13-24)34(45)40-29-15-14-25(18-26(29)36)22(3)35(46)42-19-27(37)28(38)20-42/h14-18,21-24,27-28,31-32H,4-13,19-20H2,1-3H3,(H,40,45)(H,41,44)/t22-,27-,28+,32-/m0/s1. The molecule has 252 valence electrons. The highest BCUT2D eigenvalue weighted by atomic mass is 19.2. The highest BCUT2D eigenvalue weighted by Gasteiger charge is 2.42. The van der Waals surface area contributed by atoms with Gasteiger partial charge >= 0.3 is 0 Å². The molecule has 1 saturated heterocycles. The summed E-state index contributed by atoms with van der Waals surface area (Å²) in [6, 6.07) is 4.85. The molecule has 2 aliphatic carbocycles. The van der Waals surface area contributed by atoms with E-state index in [1.165, 1.54) is 12.1 Å². The SMILES string of the molecule is CC(C)n1nccc1C(=O)N[C@H](C(=O)Nc1ccc([C@H](C)C(=O)N2C[C@@H](F)[C@@H](F)C2)cc1F)C(C1CCCCC1)C1CCCCC1. The van der Waals surface area contributed by atoms with Crippen molar-refractivity contribution in [3.63, 3.8) is 0 Å². The number of aromatic nitrogens is 2. The predicted octanol–water partition coefficient (Wildman–Crippen LogP) is 6.74. The van der Waals surface area contributed by atoms with E-state index in [4.69, 9.17) is 0 Å². The second-order valence-corrected chi connectivity index (χ2v) is 13.8. The van der Waals surface area contributed by atoms with E-state index in [0.717, 1.165) is 69.1 Å². The third kappa shape index (κ3) is 7.60. The Morgan fingerprint density at radius 2 is 1.46 bits per heavy atom. The Balaban J connectivity index is 1.40. The molecule has 46 heavy (non-hydrogen) atoms. The molecule has 2 N–H and O–H groups in total. The van der Waals surface area contributed by atoms with Gasteiger partial charge in [-0.1, -0.05) is 70.3 Å². The van der Waals surface area contributed by atoms with Crippen molar-refractivity contribution in [2.24, 2.45) is 17.8 Å². The molecule has 0 spiro atoms. The summed E-state index contributed by atoms with van der Waals surface area (Å²) in [5, 5.41) is 10.2. The maximum Gasteiger partial charge on any atom is 0.270 e. The molecule has 2 saturated carbocycles. The largest absolute Gasteiger partial charge is 0.339 e. The van der Waals surface area contributed by atoms with Crippen LogP contribution >= 0.6 is 0 Å². The lowest BCUT2D eigenvalue weighted by Gasteiger charge is -2.42. The highest BCUT2D eigenvalue weighted by Crippen LogP contribution is 2.42. The molecule has 1 aromatic carbocycles. The van der Waals surface area contributed by atoms with Gasteiger partial charge in [-0.3, -0.25) is 19.1 Å². The van der Waals surface area contributed by atoms with Crippen LogP contribution in [0.15, 0.2) is 30.5 Å². The van der Waals surface area contributed by atoms with Crippen LogP contribution < -0.4 is 10.6 Å². The molecule has 0 unspecified atom stereocenters. The predicted molar refractivity (Wildman–Crippen MR) is 170 cm³/mol. The van der Waals surface area contributed by atoms with Gasteiger partial charge in [0.05, 0.1) is 24.7 Å². The molecule has 2 aromatic rings. The topological polar surface area (TPSA) is 96.3 Å². The summed E-state index contributed by atoms with van der Waals surface area (Å²) in [7, 11) is 0. The van der Waals surface area contributed by atoms with Crippen molar-refractivity contribution < 1.29 is 27.6 Å². The number of hydrogen-bond donors (Lipinski definition) is 2.